The van der Waals surface area contributed by atoms with Crippen molar-refractivity contribution in [2.45, 2.75) is 38.8 Å². The molecular weight excluding hydrogens is 234 g/mol. The van der Waals surface area contributed by atoms with Gasteiger partial charge in [0.05, 0.1) is 0 Å². The Kier molecular flexibility index (Phi) is 2.98. The van der Waals surface area contributed by atoms with Gasteiger partial charge in [-0.3, -0.25) is 0 Å². The number of hydrogen-bond donors (Lipinski definition) is 1. The minimum Gasteiger partial charge on any atom is -0.487 e. The van der Waals surface area contributed by atoms with Crippen LogP contribution >= 0.6 is 0 Å². The number of ether oxygens (including phenoxy) is 1. The summed E-state index contributed by atoms with van der Waals surface area (Å²) < 4.78 is 6.27. The van der Waals surface area contributed by atoms with E-state index in [0.29, 0.717) is 6.04 Å². The summed E-state index contributed by atoms with van der Waals surface area (Å²) in [5.41, 5.74) is 1.17. The average molecular weight is 255 g/mol. The maximum Gasteiger partial charge on any atom is 0.132 e. The Morgan fingerprint density at radius 2 is 2.00 bits per heavy atom. The lowest BCUT2D eigenvalue weighted by atomic mass is 9.88. The van der Waals surface area contributed by atoms with Gasteiger partial charge >= 0.3 is 0 Å². The molecule has 0 fully saturated rings. The van der Waals surface area contributed by atoms with Crippen molar-refractivity contribution < 1.29 is 4.74 Å². The summed E-state index contributed by atoms with van der Waals surface area (Å²) >= 11 is 0. The molecule has 1 heterocycles. The van der Waals surface area contributed by atoms with Gasteiger partial charge in [-0.1, -0.05) is 43.3 Å². The van der Waals surface area contributed by atoms with Gasteiger partial charge < -0.3 is 10.1 Å². The zero-order valence-electron chi connectivity index (χ0n) is 11.9. The summed E-state index contributed by atoms with van der Waals surface area (Å²) in [7, 11) is 0. The second kappa shape index (κ2) is 4.53. The van der Waals surface area contributed by atoms with Crippen LogP contribution in [0.4, 0.5) is 0 Å². The minimum atomic E-state index is -0.121. The Morgan fingerprint density at radius 1 is 1.21 bits per heavy atom. The van der Waals surface area contributed by atoms with Crippen molar-refractivity contribution in [3.05, 3.63) is 42.0 Å². The van der Waals surface area contributed by atoms with Crippen LogP contribution in [-0.4, -0.2) is 12.1 Å². The third-order valence-electron chi connectivity index (χ3n) is 3.81. The molecule has 0 aliphatic carbocycles. The van der Waals surface area contributed by atoms with Gasteiger partial charge in [0.1, 0.15) is 11.4 Å². The van der Waals surface area contributed by atoms with Crippen molar-refractivity contribution >= 4 is 10.8 Å². The molecule has 1 aliphatic rings. The molecule has 2 heteroatoms. The van der Waals surface area contributed by atoms with Gasteiger partial charge in [0, 0.05) is 23.4 Å². The molecule has 19 heavy (non-hydrogen) atoms. The van der Waals surface area contributed by atoms with E-state index in [2.05, 4.69) is 62.5 Å². The van der Waals surface area contributed by atoms with E-state index in [9.17, 15) is 0 Å². The number of fused-ring (bicyclic) bond motifs is 3. The van der Waals surface area contributed by atoms with Crippen LogP contribution in [-0.2, 0) is 0 Å². The monoisotopic (exact) mass is 255 g/mol. The van der Waals surface area contributed by atoms with Crippen molar-refractivity contribution in [1.82, 2.24) is 5.32 Å². The zero-order chi connectivity index (χ0) is 13.5. The smallest absolute Gasteiger partial charge is 0.132 e. The molecule has 0 spiro atoms. The standard InChI is InChI=1S/C17H21NO/c1-4-18-15-11-17(2,3)19-16-13-8-6-5-7-12(13)9-10-14(15)16/h5-10,15,18H,4,11H2,1-3H3. The highest BCUT2D eigenvalue weighted by Gasteiger charge is 2.34. The van der Waals surface area contributed by atoms with E-state index < -0.39 is 0 Å². The zero-order valence-corrected chi connectivity index (χ0v) is 11.9. The first kappa shape index (κ1) is 12.5. The summed E-state index contributed by atoms with van der Waals surface area (Å²) in [6, 6.07) is 13.2. The molecule has 1 N–H and O–H groups in total. The van der Waals surface area contributed by atoms with Crippen molar-refractivity contribution in [1.29, 1.82) is 0 Å². The molecule has 1 aliphatic heterocycles. The Bertz CT molecular complexity index is 603. The molecule has 1 atom stereocenters. The van der Waals surface area contributed by atoms with E-state index in [0.717, 1.165) is 18.7 Å². The molecule has 0 bridgehead atoms. The van der Waals surface area contributed by atoms with Crippen LogP contribution in [0.3, 0.4) is 0 Å². The van der Waals surface area contributed by atoms with Crippen LogP contribution in [0.25, 0.3) is 10.8 Å². The van der Waals surface area contributed by atoms with Crippen LogP contribution in [0.1, 0.15) is 38.8 Å². The molecule has 0 aromatic heterocycles. The fourth-order valence-electron chi connectivity index (χ4n) is 3.00. The van der Waals surface area contributed by atoms with E-state index in [1.54, 1.807) is 0 Å². The second-order valence-corrected chi connectivity index (χ2v) is 5.88. The number of hydrogen-bond acceptors (Lipinski definition) is 2. The molecule has 2 nitrogen and oxygen atoms in total. The summed E-state index contributed by atoms with van der Waals surface area (Å²) in [6.07, 6.45) is 1.01. The van der Waals surface area contributed by atoms with Crippen molar-refractivity contribution in [3.8, 4) is 5.75 Å². The van der Waals surface area contributed by atoms with Crippen molar-refractivity contribution in [2.24, 2.45) is 0 Å². The van der Waals surface area contributed by atoms with E-state index in [1.165, 1.54) is 16.3 Å². The predicted molar refractivity (Wildman–Crippen MR) is 79.7 cm³/mol. The van der Waals surface area contributed by atoms with Crippen molar-refractivity contribution in [2.75, 3.05) is 6.54 Å². The number of benzene rings is 2. The summed E-state index contributed by atoms with van der Waals surface area (Å²) in [6.45, 7) is 7.47. The normalized spacial score (nSPS) is 20.9. The predicted octanol–water partition coefficient (Wildman–Crippen LogP) is 4.05. The van der Waals surface area contributed by atoms with Gasteiger partial charge in [-0.2, -0.15) is 0 Å². The summed E-state index contributed by atoms with van der Waals surface area (Å²) in [5.74, 6) is 1.06. The lowest BCUT2D eigenvalue weighted by Crippen LogP contribution is -2.39. The van der Waals surface area contributed by atoms with Gasteiger partial charge in [-0.05, 0) is 25.8 Å². The Labute approximate surface area is 114 Å². The van der Waals surface area contributed by atoms with Gasteiger partial charge in [-0.15, -0.1) is 0 Å². The van der Waals surface area contributed by atoms with E-state index in [-0.39, 0.29) is 5.60 Å². The quantitative estimate of drug-likeness (QED) is 0.874. The fourth-order valence-corrected chi connectivity index (χ4v) is 3.00. The van der Waals surface area contributed by atoms with Gasteiger partial charge in [0.15, 0.2) is 0 Å². The summed E-state index contributed by atoms with van der Waals surface area (Å²) in [5, 5.41) is 6.04. The fraction of sp³-hybridized carbons (Fsp3) is 0.412. The third-order valence-corrected chi connectivity index (χ3v) is 3.81. The Hall–Kier alpha value is -1.54. The second-order valence-electron chi connectivity index (χ2n) is 5.88. The van der Waals surface area contributed by atoms with E-state index >= 15 is 0 Å². The van der Waals surface area contributed by atoms with Crippen LogP contribution < -0.4 is 10.1 Å². The first-order valence-corrected chi connectivity index (χ1v) is 7.05. The van der Waals surface area contributed by atoms with Gasteiger partial charge in [0.25, 0.3) is 0 Å². The van der Waals surface area contributed by atoms with Crippen LogP contribution in [0.2, 0.25) is 0 Å². The first-order chi connectivity index (χ1) is 9.11. The molecular formula is C17H21NO. The lowest BCUT2D eigenvalue weighted by Gasteiger charge is -2.38. The molecule has 2 aromatic rings. The Morgan fingerprint density at radius 3 is 2.79 bits per heavy atom. The van der Waals surface area contributed by atoms with Crippen LogP contribution in [0.15, 0.2) is 36.4 Å². The SMILES string of the molecule is CCNC1CC(C)(C)Oc2c1ccc1ccccc21. The highest BCUT2D eigenvalue weighted by Crippen LogP contribution is 2.43. The third kappa shape index (κ3) is 2.21. The largest absolute Gasteiger partial charge is 0.487 e. The van der Waals surface area contributed by atoms with Crippen LogP contribution in [0, 0.1) is 0 Å². The minimum absolute atomic E-state index is 0.121. The molecule has 0 radical (unpaired) electrons. The average Bonchev–Trinajstić information content (AvgIpc) is 2.38. The topological polar surface area (TPSA) is 21.3 Å². The molecule has 1 unspecified atom stereocenters. The molecule has 2 aromatic carbocycles. The molecule has 0 amide bonds. The van der Waals surface area contributed by atoms with E-state index in [1.807, 2.05) is 0 Å². The van der Waals surface area contributed by atoms with Gasteiger partial charge in [0.2, 0.25) is 0 Å². The maximum absolute atomic E-state index is 6.27. The Balaban J connectivity index is 2.19. The first-order valence-electron chi connectivity index (χ1n) is 7.05. The molecule has 3 rings (SSSR count). The number of nitrogens with one attached hydrogen (secondary N) is 1. The highest BCUT2D eigenvalue weighted by atomic mass is 16.5. The van der Waals surface area contributed by atoms with Crippen molar-refractivity contribution in [3.63, 3.8) is 0 Å². The lowest BCUT2D eigenvalue weighted by molar-refractivity contribution is 0.0685. The van der Waals surface area contributed by atoms with E-state index in [4.69, 9.17) is 4.74 Å². The number of rotatable bonds is 2. The van der Waals surface area contributed by atoms with Gasteiger partial charge in [-0.25, -0.2) is 0 Å². The van der Waals surface area contributed by atoms with Crippen LogP contribution in [0.5, 0.6) is 5.75 Å². The molecule has 0 saturated heterocycles. The molecule has 0 saturated carbocycles. The molecule has 100 valence electrons. The summed E-state index contributed by atoms with van der Waals surface area (Å²) in [4.78, 5) is 0. The maximum atomic E-state index is 6.27. The highest BCUT2D eigenvalue weighted by molar-refractivity contribution is 5.90.